The van der Waals surface area contributed by atoms with Crippen LogP contribution in [-0.2, 0) is 4.74 Å². The fourth-order valence-electron chi connectivity index (χ4n) is 3.13. The fraction of sp³-hybridized carbons (Fsp3) is 0.500. The van der Waals surface area contributed by atoms with Crippen molar-refractivity contribution >= 4 is 22.3 Å². The highest BCUT2D eigenvalue weighted by Crippen LogP contribution is 2.32. The van der Waals surface area contributed by atoms with Crippen molar-refractivity contribution in [1.82, 2.24) is 4.98 Å². The second-order valence-electron chi connectivity index (χ2n) is 6.01. The summed E-state index contributed by atoms with van der Waals surface area (Å²) in [5.41, 5.74) is 2.37. The van der Waals surface area contributed by atoms with Gasteiger partial charge in [0.25, 0.3) is 0 Å². The minimum absolute atomic E-state index is 0.696. The van der Waals surface area contributed by atoms with E-state index in [1.807, 2.05) is 6.20 Å². The highest BCUT2D eigenvalue weighted by molar-refractivity contribution is 6.00. The van der Waals surface area contributed by atoms with Crippen molar-refractivity contribution in [3.8, 4) is 0 Å². The summed E-state index contributed by atoms with van der Waals surface area (Å²) in [7, 11) is 1.72. The maximum absolute atomic E-state index is 5.12. The Hall–Kier alpha value is -1.81. The Labute approximate surface area is 132 Å². The van der Waals surface area contributed by atoms with Crippen LogP contribution in [0.2, 0.25) is 0 Å². The van der Waals surface area contributed by atoms with Gasteiger partial charge < -0.3 is 15.0 Å². The highest BCUT2D eigenvalue weighted by Gasteiger charge is 2.16. The van der Waals surface area contributed by atoms with Crippen molar-refractivity contribution in [2.75, 3.05) is 43.6 Å². The maximum atomic E-state index is 5.12. The van der Waals surface area contributed by atoms with Crippen LogP contribution in [0.15, 0.2) is 24.4 Å². The molecule has 118 valence electrons. The molecule has 1 N–H and O–H groups in total. The topological polar surface area (TPSA) is 37.4 Å². The van der Waals surface area contributed by atoms with Gasteiger partial charge in [0, 0.05) is 37.5 Å². The first kappa shape index (κ1) is 15.1. The number of nitrogens with zero attached hydrogens (tertiary/aromatic N) is 2. The molecule has 22 heavy (non-hydrogen) atoms. The van der Waals surface area contributed by atoms with E-state index in [1.54, 1.807) is 7.11 Å². The number of benzene rings is 1. The molecule has 4 nitrogen and oxygen atoms in total. The number of aromatic nitrogens is 1. The zero-order valence-electron chi connectivity index (χ0n) is 13.6. The molecule has 0 bridgehead atoms. The standard InChI is InChI=1S/C18H25N3O/c1-14-6-7-15-16(12-14)18(21-9-4-3-5-10-21)20-13-17(15)19-8-11-22-2/h6-7,12-13,19H,3-5,8-11H2,1-2H3. The summed E-state index contributed by atoms with van der Waals surface area (Å²) < 4.78 is 5.12. The summed E-state index contributed by atoms with van der Waals surface area (Å²) in [5, 5.41) is 5.93. The van der Waals surface area contributed by atoms with Gasteiger partial charge in [-0.15, -0.1) is 0 Å². The molecule has 2 heterocycles. The predicted octanol–water partition coefficient (Wildman–Crippen LogP) is 3.59. The van der Waals surface area contributed by atoms with Gasteiger partial charge in [-0.05, 0) is 32.3 Å². The number of ether oxygens (including phenoxy) is 1. The molecule has 2 aromatic rings. The Morgan fingerprint density at radius 1 is 1.18 bits per heavy atom. The molecular weight excluding hydrogens is 274 g/mol. The number of aryl methyl sites for hydroxylation is 1. The zero-order valence-corrected chi connectivity index (χ0v) is 13.6. The number of hydrogen-bond acceptors (Lipinski definition) is 4. The quantitative estimate of drug-likeness (QED) is 0.856. The molecule has 1 fully saturated rings. The van der Waals surface area contributed by atoms with Gasteiger partial charge in [-0.25, -0.2) is 4.98 Å². The number of nitrogens with one attached hydrogen (secondary N) is 1. The summed E-state index contributed by atoms with van der Waals surface area (Å²) in [4.78, 5) is 7.21. The van der Waals surface area contributed by atoms with Crippen LogP contribution in [0.3, 0.4) is 0 Å². The van der Waals surface area contributed by atoms with Crippen LogP contribution in [0.4, 0.5) is 11.5 Å². The van der Waals surface area contributed by atoms with Gasteiger partial charge in [0.15, 0.2) is 0 Å². The van der Waals surface area contributed by atoms with Crippen LogP contribution >= 0.6 is 0 Å². The lowest BCUT2D eigenvalue weighted by atomic mass is 10.1. The van der Waals surface area contributed by atoms with Crippen molar-refractivity contribution in [1.29, 1.82) is 0 Å². The summed E-state index contributed by atoms with van der Waals surface area (Å²) in [6.07, 6.45) is 5.84. The molecule has 1 aliphatic rings. The third-order valence-corrected chi connectivity index (χ3v) is 4.30. The molecular formula is C18H25N3O. The zero-order chi connectivity index (χ0) is 15.4. The smallest absolute Gasteiger partial charge is 0.136 e. The van der Waals surface area contributed by atoms with Gasteiger partial charge >= 0.3 is 0 Å². The molecule has 1 saturated heterocycles. The average Bonchev–Trinajstić information content (AvgIpc) is 2.55. The first-order chi connectivity index (χ1) is 10.8. The molecule has 1 aliphatic heterocycles. The van der Waals surface area contributed by atoms with Crippen molar-refractivity contribution in [3.05, 3.63) is 30.0 Å². The molecule has 0 atom stereocenters. The second-order valence-corrected chi connectivity index (χ2v) is 6.01. The minimum Gasteiger partial charge on any atom is -0.383 e. The molecule has 0 spiro atoms. The Morgan fingerprint density at radius 2 is 2.00 bits per heavy atom. The van der Waals surface area contributed by atoms with Gasteiger partial charge in [0.05, 0.1) is 18.5 Å². The number of fused-ring (bicyclic) bond motifs is 1. The number of pyridine rings is 1. The van der Waals surface area contributed by atoms with Crippen LogP contribution in [0.1, 0.15) is 24.8 Å². The van der Waals surface area contributed by atoms with E-state index in [0.29, 0.717) is 6.61 Å². The fourth-order valence-corrected chi connectivity index (χ4v) is 3.13. The lowest BCUT2D eigenvalue weighted by Gasteiger charge is -2.29. The van der Waals surface area contributed by atoms with E-state index in [1.165, 1.54) is 35.6 Å². The predicted molar refractivity (Wildman–Crippen MR) is 92.9 cm³/mol. The average molecular weight is 299 g/mol. The largest absolute Gasteiger partial charge is 0.383 e. The van der Waals surface area contributed by atoms with E-state index in [2.05, 4.69) is 35.3 Å². The van der Waals surface area contributed by atoms with Crippen molar-refractivity contribution in [3.63, 3.8) is 0 Å². The van der Waals surface area contributed by atoms with Gasteiger partial charge in [-0.1, -0.05) is 17.7 Å². The molecule has 0 unspecified atom stereocenters. The SMILES string of the molecule is COCCNc1cnc(N2CCCCC2)c2cc(C)ccc12. The van der Waals surface area contributed by atoms with E-state index in [9.17, 15) is 0 Å². The third kappa shape index (κ3) is 3.17. The lowest BCUT2D eigenvalue weighted by Crippen LogP contribution is -2.30. The molecule has 1 aromatic heterocycles. The Bertz CT molecular complexity index is 636. The van der Waals surface area contributed by atoms with E-state index >= 15 is 0 Å². The van der Waals surface area contributed by atoms with E-state index in [4.69, 9.17) is 9.72 Å². The summed E-state index contributed by atoms with van der Waals surface area (Å²) >= 11 is 0. The summed E-state index contributed by atoms with van der Waals surface area (Å²) in [6, 6.07) is 6.63. The van der Waals surface area contributed by atoms with Crippen LogP contribution in [0.5, 0.6) is 0 Å². The first-order valence-electron chi connectivity index (χ1n) is 8.17. The molecule has 0 amide bonds. The number of methoxy groups -OCH3 is 1. The normalized spacial score (nSPS) is 15.3. The van der Waals surface area contributed by atoms with Crippen molar-refractivity contribution < 1.29 is 4.74 Å². The lowest BCUT2D eigenvalue weighted by molar-refractivity contribution is 0.211. The minimum atomic E-state index is 0.696. The molecule has 3 rings (SSSR count). The van der Waals surface area contributed by atoms with Gasteiger partial charge in [-0.3, -0.25) is 0 Å². The molecule has 4 heteroatoms. The maximum Gasteiger partial charge on any atom is 0.136 e. The molecule has 0 aliphatic carbocycles. The first-order valence-corrected chi connectivity index (χ1v) is 8.17. The summed E-state index contributed by atoms with van der Waals surface area (Å²) in [5.74, 6) is 1.13. The van der Waals surface area contributed by atoms with Crippen LogP contribution in [0.25, 0.3) is 10.8 Å². The number of hydrogen-bond donors (Lipinski definition) is 1. The van der Waals surface area contributed by atoms with E-state index in [0.717, 1.165) is 31.1 Å². The monoisotopic (exact) mass is 299 g/mol. The number of anilines is 2. The molecule has 1 aromatic carbocycles. The van der Waals surface area contributed by atoms with Crippen molar-refractivity contribution in [2.24, 2.45) is 0 Å². The van der Waals surface area contributed by atoms with E-state index < -0.39 is 0 Å². The Morgan fingerprint density at radius 3 is 2.77 bits per heavy atom. The van der Waals surface area contributed by atoms with Gasteiger partial charge in [0.1, 0.15) is 5.82 Å². The number of rotatable bonds is 5. The third-order valence-electron chi connectivity index (χ3n) is 4.30. The van der Waals surface area contributed by atoms with Crippen molar-refractivity contribution in [2.45, 2.75) is 26.2 Å². The van der Waals surface area contributed by atoms with Gasteiger partial charge in [-0.2, -0.15) is 0 Å². The molecule has 0 radical (unpaired) electrons. The van der Waals surface area contributed by atoms with Crippen LogP contribution in [0, 0.1) is 6.92 Å². The highest BCUT2D eigenvalue weighted by atomic mass is 16.5. The van der Waals surface area contributed by atoms with Crippen LogP contribution in [-0.4, -0.2) is 38.3 Å². The summed E-state index contributed by atoms with van der Waals surface area (Å²) in [6.45, 7) is 5.87. The Balaban J connectivity index is 1.99. The second kappa shape index (κ2) is 6.97. The molecule has 0 saturated carbocycles. The Kier molecular flexibility index (Phi) is 4.78. The van der Waals surface area contributed by atoms with E-state index in [-0.39, 0.29) is 0 Å². The van der Waals surface area contributed by atoms with Gasteiger partial charge in [0.2, 0.25) is 0 Å². The van der Waals surface area contributed by atoms with Crippen LogP contribution < -0.4 is 10.2 Å². The number of piperidine rings is 1.